The number of methoxy groups -OCH3 is 1. The summed E-state index contributed by atoms with van der Waals surface area (Å²) in [6, 6.07) is 11.8. The second kappa shape index (κ2) is 7.11. The largest absolute Gasteiger partial charge is 0.497 e. The van der Waals surface area contributed by atoms with Gasteiger partial charge in [0.15, 0.2) is 0 Å². The minimum atomic E-state index is -0.120. The molecule has 6 nitrogen and oxygen atoms in total. The summed E-state index contributed by atoms with van der Waals surface area (Å²) in [4.78, 5) is 19.0. The van der Waals surface area contributed by atoms with Gasteiger partial charge >= 0.3 is 0 Å². The number of carbonyl (C=O) groups excluding carboxylic acids is 1. The number of aryl methyl sites for hydroxylation is 3. The zero-order valence-corrected chi connectivity index (χ0v) is 16.5. The molecule has 0 radical (unpaired) electrons. The van der Waals surface area contributed by atoms with E-state index in [2.05, 4.69) is 30.1 Å². The molecule has 144 valence electrons. The van der Waals surface area contributed by atoms with E-state index >= 15 is 0 Å². The van der Waals surface area contributed by atoms with Gasteiger partial charge in [0.1, 0.15) is 5.75 Å². The highest BCUT2D eigenvalue weighted by molar-refractivity contribution is 5.97. The Morgan fingerprint density at radius 2 is 1.86 bits per heavy atom. The van der Waals surface area contributed by atoms with Gasteiger partial charge in [-0.15, -0.1) is 0 Å². The predicted octanol–water partition coefficient (Wildman–Crippen LogP) is 4.19. The summed E-state index contributed by atoms with van der Waals surface area (Å²) < 4.78 is 10.8. The van der Waals surface area contributed by atoms with E-state index in [4.69, 9.17) is 9.26 Å². The number of hydrogen-bond donors (Lipinski definition) is 0. The Balaban J connectivity index is 1.58. The third kappa shape index (κ3) is 3.26. The zero-order chi connectivity index (χ0) is 19.8. The number of hydrogen-bond acceptors (Lipinski definition) is 5. The predicted molar refractivity (Wildman–Crippen MR) is 107 cm³/mol. The highest BCUT2D eigenvalue weighted by Gasteiger charge is 2.36. The Labute approximate surface area is 164 Å². The summed E-state index contributed by atoms with van der Waals surface area (Å²) in [6.07, 6.45) is 0.352. The molecule has 1 aromatic heterocycles. The van der Waals surface area contributed by atoms with Gasteiger partial charge in [0.05, 0.1) is 18.7 Å². The van der Waals surface area contributed by atoms with Crippen LogP contribution in [0.15, 0.2) is 40.9 Å². The summed E-state index contributed by atoms with van der Waals surface area (Å²) in [5.74, 6) is 1.72. The molecule has 0 spiro atoms. The van der Waals surface area contributed by atoms with Crippen LogP contribution in [0.4, 0.5) is 5.69 Å². The molecule has 0 bridgehead atoms. The Morgan fingerprint density at radius 1 is 1.07 bits per heavy atom. The summed E-state index contributed by atoms with van der Waals surface area (Å²) in [5, 5.41) is 4.13. The number of ether oxygens (including phenoxy) is 1. The number of aromatic nitrogens is 2. The SMILES string of the molecule is COc1ccc(C)c(N2CC(c3nc(-c4ccc(C)c(C)c4)no3)CC2=O)c1. The Morgan fingerprint density at radius 3 is 2.61 bits per heavy atom. The quantitative estimate of drug-likeness (QED) is 0.682. The minimum Gasteiger partial charge on any atom is -0.497 e. The first kappa shape index (κ1) is 18.2. The number of benzene rings is 2. The van der Waals surface area contributed by atoms with Gasteiger partial charge in [-0.3, -0.25) is 4.79 Å². The van der Waals surface area contributed by atoms with E-state index in [1.807, 2.05) is 37.3 Å². The maximum absolute atomic E-state index is 12.7. The molecule has 1 amide bonds. The first-order valence-electron chi connectivity index (χ1n) is 9.32. The second-order valence-electron chi connectivity index (χ2n) is 7.31. The van der Waals surface area contributed by atoms with E-state index in [0.29, 0.717) is 24.7 Å². The topological polar surface area (TPSA) is 68.5 Å². The summed E-state index contributed by atoms with van der Waals surface area (Å²) in [6.45, 7) is 6.63. The zero-order valence-electron chi connectivity index (χ0n) is 16.5. The fourth-order valence-electron chi connectivity index (χ4n) is 3.51. The molecule has 4 rings (SSSR count). The van der Waals surface area contributed by atoms with Crippen molar-refractivity contribution in [2.45, 2.75) is 33.1 Å². The van der Waals surface area contributed by atoms with E-state index in [1.165, 1.54) is 11.1 Å². The molecule has 1 saturated heterocycles. The van der Waals surface area contributed by atoms with Gasteiger partial charge in [-0.2, -0.15) is 4.98 Å². The van der Waals surface area contributed by atoms with Gasteiger partial charge in [-0.25, -0.2) is 0 Å². The van der Waals surface area contributed by atoms with Gasteiger partial charge in [0.25, 0.3) is 0 Å². The van der Waals surface area contributed by atoms with Crippen LogP contribution in [0.2, 0.25) is 0 Å². The third-order valence-corrected chi connectivity index (χ3v) is 5.39. The Kier molecular flexibility index (Phi) is 4.63. The maximum Gasteiger partial charge on any atom is 0.232 e. The van der Waals surface area contributed by atoms with Gasteiger partial charge in [-0.1, -0.05) is 23.4 Å². The molecule has 3 aromatic rings. The van der Waals surface area contributed by atoms with Crippen molar-refractivity contribution in [2.75, 3.05) is 18.6 Å². The van der Waals surface area contributed by atoms with Crippen LogP contribution in [0, 0.1) is 20.8 Å². The van der Waals surface area contributed by atoms with Crippen LogP contribution < -0.4 is 9.64 Å². The maximum atomic E-state index is 12.7. The van der Waals surface area contributed by atoms with Crippen LogP contribution in [0.25, 0.3) is 11.4 Å². The molecule has 2 heterocycles. The standard InChI is InChI=1S/C22H23N3O3/c1-13-5-7-16(9-15(13)3)21-23-22(28-24-21)17-10-20(26)25(12-17)19-11-18(27-4)8-6-14(19)2/h5-9,11,17H,10,12H2,1-4H3. The lowest BCUT2D eigenvalue weighted by Gasteiger charge is -2.19. The smallest absolute Gasteiger partial charge is 0.232 e. The molecule has 0 aliphatic carbocycles. The van der Waals surface area contributed by atoms with Crippen LogP contribution in [0.3, 0.4) is 0 Å². The first-order chi connectivity index (χ1) is 13.5. The molecule has 1 atom stereocenters. The average Bonchev–Trinajstić information content (AvgIpc) is 3.31. The normalized spacial score (nSPS) is 16.6. The van der Waals surface area contributed by atoms with Gasteiger partial charge < -0.3 is 14.2 Å². The molecular weight excluding hydrogens is 354 g/mol. The molecule has 2 aromatic carbocycles. The van der Waals surface area contributed by atoms with Crippen molar-refractivity contribution in [1.29, 1.82) is 0 Å². The van der Waals surface area contributed by atoms with Crippen LogP contribution in [-0.2, 0) is 4.79 Å². The number of amides is 1. The van der Waals surface area contributed by atoms with Crippen molar-refractivity contribution >= 4 is 11.6 Å². The van der Waals surface area contributed by atoms with Crippen LogP contribution >= 0.6 is 0 Å². The van der Waals surface area contributed by atoms with Crippen molar-refractivity contribution in [3.05, 3.63) is 59.0 Å². The number of carbonyl (C=O) groups is 1. The summed E-state index contributed by atoms with van der Waals surface area (Å²) in [5.41, 5.74) is 5.21. The van der Waals surface area contributed by atoms with Crippen molar-refractivity contribution in [2.24, 2.45) is 0 Å². The molecule has 0 saturated carbocycles. The Bertz CT molecular complexity index is 1040. The molecule has 1 aliphatic heterocycles. The third-order valence-electron chi connectivity index (χ3n) is 5.39. The average molecular weight is 377 g/mol. The monoisotopic (exact) mass is 377 g/mol. The molecule has 28 heavy (non-hydrogen) atoms. The first-order valence-corrected chi connectivity index (χ1v) is 9.32. The molecule has 1 aliphatic rings. The van der Waals surface area contributed by atoms with Crippen LogP contribution in [0.1, 0.15) is 34.9 Å². The highest BCUT2D eigenvalue weighted by atomic mass is 16.5. The molecule has 6 heteroatoms. The fourth-order valence-corrected chi connectivity index (χ4v) is 3.51. The summed E-state index contributed by atoms with van der Waals surface area (Å²) >= 11 is 0. The molecule has 1 unspecified atom stereocenters. The van der Waals surface area contributed by atoms with Gasteiger partial charge in [0.2, 0.25) is 17.6 Å². The van der Waals surface area contributed by atoms with Crippen molar-refractivity contribution < 1.29 is 14.1 Å². The van der Waals surface area contributed by atoms with E-state index in [0.717, 1.165) is 22.6 Å². The van der Waals surface area contributed by atoms with Gasteiger partial charge in [0, 0.05) is 24.6 Å². The Hall–Kier alpha value is -3.15. The van der Waals surface area contributed by atoms with E-state index in [-0.39, 0.29) is 11.8 Å². The van der Waals surface area contributed by atoms with E-state index in [1.54, 1.807) is 12.0 Å². The fraction of sp³-hybridized carbons (Fsp3) is 0.318. The lowest BCUT2D eigenvalue weighted by atomic mass is 10.1. The lowest BCUT2D eigenvalue weighted by molar-refractivity contribution is -0.117. The van der Waals surface area contributed by atoms with Crippen molar-refractivity contribution in [1.82, 2.24) is 10.1 Å². The minimum absolute atomic E-state index is 0.0484. The molecular formula is C22H23N3O3. The number of rotatable bonds is 4. The number of nitrogens with zero attached hydrogens (tertiary/aromatic N) is 3. The molecule has 1 fully saturated rings. The van der Waals surface area contributed by atoms with Crippen molar-refractivity contribution in [3.8, 4) is 17.1 Å². The second-order valence-corrected chi connectivity index (χ2v) is 7.31. The van der Waals surface area contributed by atoms with Crippen LogP contribution in [-0.4, -0.2) is 29.7 Å². The van der Waals surface area contributed by atoms with Gasteiger partial charge in [-0.05, 0) is 49.6 Å². The number of anilines is 1. The van der Waals surface area contributed by atoms with E-state index in [9.17, 15) is 4.79 Å². The lowest BCUT2D eigenvalue weighted by Crippen LogP contribution is -2.25. The van der Waals surface area contributed by atoms with E-state index < -0.39 is 0 Å². The molecule has 0 N–H and O–H groups in total. The van der Waals surface area contributed by atoms with Crippen LogP contribution in [0.5, 0.6) is 5.75 Å². The summed E-state index contributed by atoms with van der Waals surface area (Å²) in [7, 11) is 1.62. The van der Waals surface area contributed by atoms with Crippen molar-refractivity contribution in [3.63, 3.8) is 0 Å². The highest BCUT2D eigenvalue weighted by Crippen LogP contribution is 2.35.